The van der Waals surface area contributed by atoms with E-state index in [9.17, 15) is 13.6 Å². The first-order valence-electron chi connectivity index (χ1n) is 7.30. The second kappa shape index (κ2) is 7.44. The Hall–Kier alpha value is -2.41. The van der Waals surface area contributed by atoms with Crippen LogP contribution in [-0.2, 0) is 13.0 Å². The Kier molecular flexibility index (Phi) is 5.10. The molecule has 4 nitrogen and oxygen atoms in total. The minimum Gasteiger partial charge on any atom is -0.296 e. The highest BCUT2D eigenvalue weighted by Crippen LogP contribution is 2.19. The van der Waals surface area contributed by atoms with Crippen molar-refractivity contribution in [2.24, 2.45) is 0 Å². The van der Waals surface area contributed by atoms with Crippen molar-refractivity contribution >= 4 is 11.8 Å². The first kappa shape index (κ1) is 16.4. The zero-order valence-electron chi connectivity index (χ0n) is 12.6. The van der Waals surface area contributed by atoms with E-state index in [-0.39, 0.29) is 11.6 Å². The van der Waals surface area contributed by atoms with Gasteiger partial charge in [-0.1, -0.05) is 23.4 Å². The van der Waals surface area contributed by atoms with E-state index in [0.717, 1.165) is 10.5 Å². The van der Waals surface area contributed by atoms with Crippen molar-refractivity contribution in [1.29, 1.82) is 0 Å². The molecule has 124 valence electrons. The lowest BCUT2D eigenvalue weighted by Crippen LogP contribution is -2.18. The van der Waals surface area contributed by atoms with Crippen LogP contribution in [0.2, 0.25) is 0 Å². The number of benzene rings is 2. The van der Waals surface area contributed by atoms with E-state index in [2.05, 4.69) is 5.16 Å². The number of halogens is 2. The number of hydrogen-bond acceptors (Lipinski definition) is 4. The zero-order chi connectivity index (χ0) is 16.9. The second-order valence-corrected chi connectivity index (χ2v) is 6.29. The molecule has 1 heterocycles. The van der Waals surface area contributed by atoms with Gasteiger partial charge in [-0.25, -0.2) is 13.6 Å². The molecule has 0 fully saturated rings. The molecule has 2 aromatic carbocycles. The smallest absolute Gasteiger partial charge is 0.296 e. The Bertz CT molecular complexity index is 875. The van der Waals surface area contributed by atoms with Crippen molar-refractivity contribution in [3.63, 3.8) is 0 Å². The van der Waals surface area contributed by atoms with E-state index >= 15 is 0 Å². The third-order valence-electron chi connectivity index (χ3n) is 3.42. The Morgan fingerprint density at radius 3 is 2.62 bits per heavy atom. The van der Waals surface area contributed by atoms with Crippen molar-refractivity contribution in [3.05, 3.63) is 82.1 Å². The summed E-state index contributed by atoms with van der Waals surface area (Å²) in [4.78, 5) is 12.6. The average Bonchev–Trinajstić information content (AvgIpc) is 2.90. The van der Waals surface area contributed by atoms with Gasteiger partial charge in [-0.05, 0) is 35.9 Å². The summed E-state index contributed by atoms with van der Waals surface area (Å²) < 4.78 is 32.3. The van der Waals surface area contributed by atoms with Gasteiger partial charge >= 0.3 is 5.76 Å². The number of aromatic nitrogens is 2. The van der Waals surface area contributed by atoms with E-state index in [0.29, 0.717) is 24.5 Å². The third-order valence-corrected chi connectivity index (χ3v) is 4.39. The van der Waals surface area contributed by atoms with Gasteiger partial charge in [-0.3, -0.25) is 9.09 Å². The van der Waals surface area contributed by atoms with Gasteiger partial charge in [0.1, 0.15) is 11.6 Å². The molecule has 0 aliphatic rings. The molecule has 0 unspecified atom stereocenters. The van der Waals surface area contributed by atoms with E-state index < -0.39 is 5.76 Å². The minimum absolute atomic E-state index is 0.292. The zero-order valence-corrected chi connectivity index (χ0v) is 13.4. The molecule has 0 aliphatic heterocycles. The molecule has 0 radical (unpaired) electrons. The maximum atomic E-state index is 13.1. The molecule has 0 atom stereocenters. The van der Waals surface area contributed by atoms with Crippen molar-refractivity contribution in [3.8, 4) is 0 Å². The predicted octanol–water partition coefficient (Wildman–Crippen LogP) is 3.50. The van der Waals surface area contributed by atoms with Crippen LogP contribution in [0.1, 0.15) is 11.4 Å². The molecule has 0 amide bonds. The molecule has 1 aromatic heterocycles. The third kappa shape index (κ3) is 4.11. The van der Waals surface area contributed by atoms with Crippen molar-refractivity contribution in [2.75, 3.05) is 5.75 Å². The molecule has 0 bridgehead atoms. The van der Waals surface area contributed by atoms with E-state index in [1.807, 2.05) is 6.07 Å². The van der Waals surface area contributed by atoms with Crippen LogP contribution in [0, 0.1) is 11.6 Å². The number of nitrogens with zero attached hydrogens (tertiary/aromatic N) is 2. The number of rotatable bonds is 6. The molecule has 3 aromatic rings. The highest BCUT2D eigenvalue weighted by atomic mass is 32.2. The minimum atomic E-state index is -0.535. The lowest BCUT2D eigenvalue weighted by Gasteiger charge is -2.05. The monoisotopic (exact) mass is 348 g/mol. The van der Waals surface area contributed by atoms with Crippen LogP contribution in [0.4, 0.5) is 8.78 Å². The Morgan fingerprint density at radius 1 is 1.08 bits per heavy atom. The SMILES string of the molecule is O=c1onc(Cc2ccc(F)cc2)n1CCSc1cccc(F)c1. The maximum Gasteiger partial charge on any atom is 0.441 e. The van der Waals surface area contributed by atoms with E-state index in [4.69, 9.17) is 4.52 Å². The summed E-state index contributed by atoms with van der Waals surface area (Å²) in [5.74, 6) is -0.0959. The van der Waals surface area contributed by atoms with Gasteiger partial charge < -0.3 is 0 Å². The molecule has 3 rings (SSSR count). The van der Waals surface area contributed by atoms with Gasteiger partial charge in [0.15, 0.2) is 5.82 Å². The van der Waals surface area contributed by atoms with Crippen LogP contribution in [0.3, 0.4) is 0 Å². The Balaban J connectivity index is 1.66. The molecule has 24 heavy (non-hydrogen) atoms. The Morgan fingerprint density at radius 2 is 1.88 bits per heavy atom. The normalized spacial score (nSPS) is 10.9. The second-order valence-electron chi connectivity index (χ2n) is 5.13. The summed E-state index contributed by atoms with van der Waals surface area (Å²) in [6, 6.07) is 12.3. The largest absolute Gasteiger partial charge is 0.441 e. The van der Waals surface area contributed by atoms with Crippen LogP contribution >= 0.6 is 11.8 Å². The van der Waals surface area contributed by atoms with Crippen LogP contribution < -0.4 is 5.76 Å². The summed E-state index contributed by atoms with van der Waals surface area (Å²) in [7, 11) is 0. The standard InChI is InChI=1S/C17H14F2N2O2S/c18-13-6-4-12(5-7-13)10-16-20-23-17(22)21(16)8-9-24-15-3-1-2-14(19)11-15/h1-7,11H,8-10H2. The Labute approximate surface area is 141 Å². The summed E-state index contributed by atoms with van der Waals surface area (Å²) in [5, 5.41) is 3.79. The fourth-order valence-electron chi connectivity index (χ4n) is 2.24. The molecule has 0 aliphatic carbocycles. The summed E-state index contributed by atoms with van der Waals surface area (Å²) in [6.07, 6.45) is 0.372. The van der Waals surface area contributed by atoms with Gasteiger partial charge in [0.05, 0.1) is 0 Å². The lowest BCUT2D eigenvalue weighted by atomic mass is 10.1. The van der Waals surface area contributed by atoms with E-state index in [1.165, 1.54) is 40.6 Å². The fourth-order valence-corrected chi connectivity index (χ4v) is 3.12. The summed E-state index contributed by atoms with van der Waals surface area (Å²) in [6.45, 7) is 0.389. The molecule has 0 saturated carbocycles. The highest BCUT2D eigenvalue weighted by molar-refractivity contribution is 7.99. The molecular weight excluding hydrogens is 334 g/mol. The topological polar surface area (TPSA) is 48.0 Å². The van der Waals surface area contributed by atoms with Crippen LogP contribution in [-0.4, -0.2) is 15.5 Å². The van der Waals surface area contributed by atoms with Crippen molar-refractivity contribution in [2.45, 2.75) is 17.9 Å². The quantitative estimate of drug-likeness (QED) is 0.640. The van der Waals surface area contributed by atoms with E-state index in [1.54, 1.807) is 18.2 Å². The van der Waals surface area contributed by atoms with Gasteiger partial charge in [-0.2, -0.15) is 0 Å². The van der Waals surface area contributed by atoms with Gasteiger partial charge in [-0.15, -0.1) is 11.8 Å². The molecule has 0 spiro atoms. The van der Waals surface area contributed by atoms with Crippen LogP contribution in [0.25, 0.3) is 0 Å². The average molecular weight is 348 g/mol. The van der Waals surface area contributed by atoms with Gasteiger partial charge in [0.25, 0.3) is 0 Å². The molecular formula is C17H14F2N2O2S. The summed E-state index contributed by atoms with van der Waals surface area (Å²) in [5.41, 5.74) is 0.830. The van der Waals surface area contributed by atoms with Crippen LogP contribution in [0.15, 0.2) is 62.7 Å². The molecule has 0 N–H and O–H groups in total. The number of thioether (sulfide) groups is 1. The molecule has 7 heteroatoms. The first-order valence-corrected chi connectivity index (χ1v) is 8.28. The fraction of sp³-hybridized carbons (Fsp3) is 0.176. The summed E-state index contributed by atoms with van der Waals surface area (Å²) >= 11 is 1.44. The maximum absolute atomic E-state index is 13.1. The number of hydrogen-bond donors (Lipinski definition) is 0. The first-order chi connectivity index (χ1) is 11.6. The predicted molar refractivity (Wildman–Crippen MR) is 87.1 cm³/mol. The van der Waals surface area contributed by atoms with Crippen molar-refractivity contribution in [1.82, 2.24) is 9.72 Å². The van der Waals surface area contributed by atoms with Crippen molar-refractivity contribution < 1.29 is 13.3 Å². The highest BCUT2D eigenvalue weighted by Gasteiger charge is 2.11. The van der Waals surface area contributed by atoms with Gasteiger partial charge in [0, 0.05) is 23.6 Å². The van der Waals surface area contributed by atoms with Gasteiger partial charge in [0.2, 0.25) is 0 Å². The van der Waals surface area contributed by atoms with Crippen LogP contribution in [0.5, 0.6) is 0 Å². The lowest BCUT2D eigenvalue weighted by molar-refractivity contribution is 0.374. The molecule has 0 saturated heterocycles.